The lowest BCUT2D eigenvalue weighted by atomic mass is 9.67. The fourth-order valence-electron chi connectivity index (χ4n) is 11.2. The van der Waals surface area contributed by atoms with Crippen LogP contribution in [0.3, 0.4) is 0 Å². The molecule has 59 heavy (non-hydrogen) atoms. The molecule has 0 radical (unpaired) electrons. The molecule has 0 amide bonds. The van der Waals surface area contributed by atoms with Gasteiger partial charge in [0.05, 0.1) is 0 Å². The normalized spacial score (nSPS) is 15.9. The molecule has 0 saturated heterocycles. The second-order valence-corrected chi connectivity index (χ2v) is 17.6. The number of aromatic nitrogens is 2. The third kappa shape index (κ3) is 4.55. The topological polar surface area (TPSA) is 52.1 Å². The predicted molar refractivity (Wildman–Crippen MR) is 240 cm³/mol. The van der Waals surface area contributed by atoms with E-state index in [1.807, 2.05) is 48.5 Å². The molecule has 1 spiro atoms. The zero-order valence-electron chi connectivity index (χ0n) is 33.1. The van der Waals surface area contributed by atoms with Crippen LogP contribution in [0.4, 0.5) is 0 Å². The molecule has 4 nitrogen and oxygen atoms in total. The fraction of sp³-hybridized carbons (Fsp3) is 0.164. The molecule has 13 rings (SSSR count). The first-order valence-corrected chi connectivity index (χ1v) is 21.1. The molecule has 1 saturated carbocycles. The Hall–Kier alpha value is -6.78. The molecule has 3 heterocycles. The Labute approximate surface area is 342 Å². The van der Waals surface area contributed by atoms with Crippen molar-refractivity contribution >= 4 is 44.0 Å². The maximum absolute atomic E-state index is 6.77. The van der Waals surface area contributed by atoms with Gasteiger partial charge in [-0.05, 0) is 117 Å². The summed E-state index contributed by atoms with van der Waals surface area (Å²) in [6.45, 7) is 4.81. The number of furan rings is 2. The second-order valence-electron chi connectivity index (χ2n) is 17.6. The van der Waals surface area contributed by atoms with Crippen LogP contribution < -0.4 is 0 Å². The maximum Gasteiger partial charge on any atom is 0.180 e. The van der Waals surface area contributed by atoms with Crippen molar-refractivity contribution in [2.75, 3.05) is 0 Å². The van der Waals surface area contributed by atoms with Gasteiger partial charge in [0.25, 0.3) is 0 Å². The van der Waals surface area contributed by atoms with Crippen molar-refractivity contribution in [1.29, 1.82) is 0 Å². The van der Waals surface area contributed by atoms with E-state index in [1.165, 1.54) is 76.6 Å². The van der Waals surface area contributed by atoms with E-state index in [4.69, 9.17) is 18.8 Å². The van der Waals surface area contributed by atoms with E-state index in [2.05, 4.69) is 111 Å². The van der Waals surface area contributed by atoms with Crippen LogP contribution in [-0.2, 0) is 10.8 Å². The van der Waals surface area contributed by atoms with E-state index in [-0.39, 0.29) is 10.8 Å². The van der Waals surface area contributed by atoms with E-state index >= 15 is 0 Å². The summed E-state index contributed by atoms with van der Waals surface area (Å²) in [7, 11) is 0. The number of fused-ring (bicyclic) bond motifs is 14. The van der Waals surface area contributed by atoms with Gasteiger partial charge in [-0.15, -0.1) is 0 Å². The van der Waals surface area contributed by atoms with Crippen LogP contribution in [0.2, 0.25) is 0 Å². The van der Waals surface area contributed by atoms with Crippen molar-refractivity contribution in [3.63, 3.8) is 0 Å². The molecule has 0 aliphatic heterocycles. The molecule has 3 aromatic heterocycles. The molecular weight excluding hydrogens is 721 g/mol. The van der Waals surface area contributed by atoms with Gasteiger partial charge in [-0.1, -0.05) is 130 Å². The Morgan fingerprint density at radius 3 is 2.02 bits per heavy atom. The number of rotatable bonds is 3. The first kappa shape index (κ1) is 33.2. The molecule has 0 bridgehead atoms. The zero-order valence-corrected chi connectivity index (χ0v) is 33.1. The van der Waals surface area contributed by atoms with Gasteiger partial charge in [-0.3, -0.25) is 0 Å². The first-order chi connectivity index (χ1) is 29.0. The molecule has 0 atom stereocenters. The van der Waals surface area contributed by atoms with Crippen LogP contribution in [0.1, 0.15) is 68.2 Å². The largest absolute Gasteiger partial charge is 0.455 e. The van der Waals surface area contributed by atoms with Crippen LogP contribution in [0.5, 0.6) is 0 Å². The second kappa shape index (κ2) is 11.9. The Bertz CT molecular complexity index is 3400. The Morgan fingerprint density at radius 1 is 0.441 bits per heavy atom. The third-order valence-corrected chi connectivity index (χ3v) is 14.1. The molecule has 4 heteroatoms. The third-order valence-electron chi connectivity index (χ3n) is 14.1. The van der Waals surface area contributed by atoms with Crippen molar-refractivity contribution in [3.05, 3.63) is 168 Å². The average molecular weight is 761 g/mol. The highest BCUT2D eigenvalue weighted by atomic mass is 16.3. The fourth-order valence-corrected chi connectivity index (χ4v) is 11.2. The molecule has 0 unspecified atom stereocenters. The maximum atomic E-state index is 6.77. The van der Waals surface area contributed by atoms with Crippen LogP contribution in [-0.4, -0.2) is 9.97 Å². The van der Waals surface area contributed by atoms with Crippen molar-refractivity contribution in [1.82, 2.24) is 9.97 Å². The van der Waals surface area contributed by atoms with Crippen molar-refractivity contribution in [2.45, 2.75) is 56.8 Å². The van der Waals surface area contributed by atoms with Crippen molar-refractivity contribution in [2.24, 2.45) is 0 Å². The summed E-state index contributed by atoms with van der Waals surface area (Å²) in [4.78, 5) is 10.2. The SMILES string of the molecule is CC1(C)c2ccc(-c3ccc4oc5c(-c6nc(-c7ccccc7)nc7c6oc6ccccc67)cccc5c4c3)cc2-c2cc3c(cc21)-c1ccccc1C31CCCCC1. The van der Waals surface area contributed by atoms with Crippen LogP contribution in [0.25, 0.3) is 100 Å². The van der Waals surface area contributed by atoms with Crippen LogP contribution >= 0.6 is 0 Å². The summed E-state index contributed by atoms with van der Waals surface area (Å²) < 4.78 is 13.3. The van der Waals surface area contributed by atoms with E-state index in [9.17, 15) is 0 Å². The highest BCUT2D eigenvalue weighted by Crippen LogP contribution is 2.60. The van der Waals surface area contributed by atoms with Gasteiger partial charge in [0.15, 0.2) is 11.4 Å². The Balaban J connectivity index is 0.958. The van der Waals surface area contributed by atoms with Gasteiger partial charge in [-0.25, -0.2) is 9.97 Å². The lowest BCUT2D eigenvalue weighted by molar-refractivity contribution is 0.353. The van der Waals surface area contributed by atoms with E-state index in [1.54, 1.807) is 11.1 Å². The van der Waals surface area contributed by atoms with Crippen LogP contribution in [0.15, 0.2) is 154 Å². The number of hydrogen-bond acceptors (Lipinski definition) is 4. The quantitative estimate of drug-likeness (QED) is 0.180. The lowest BCUT2D eigenvalue weighted by Gasteiger charge is -2.36. The molecular formula is C55H40N2O2. The molecule has 1 fully saturated rings. The van der Waals surface area contributed by atoms with Crippen molar-refractivity contribution in [3.8, 4) is 56.0 Å². The van der Waals surface area contributed by atoms with Gasteiger partial charge in [0.2, 0.25) is 0 Å². The van der Waals surface area contributed by atoms with Gasteiger partial charge < -0.3 is 8.83 Å². The van der Waals surface area contributed by atoms with Crippen LogP contribution in [0, 0.1) is 0 Å². The summed E-state index contributed by atoms with van der Waals surface area (Å²) in [6.07, 6.45) is 6.40. The Kier molecular flexibility index (Phi) is 6.70. The number of benzene rings is 7. The molecule has 0 N–H and O–H groups in total. The van der Waals surface area contributed by atoms with Gasteiger partial charge in [0.1, 0.15) is 28.0 Å². The van der Waals surface area contributed by atoms with Gasteiger partial charge in [-0.2, -0.15) is 0 Å². The summed E-state index contributed by atoms with van der Waals surface area (Å²) in [5.74, 6) is 0.653. The van der Waals surface area contributed by atoms with Gasteiger partial charge >= 0.3 is 0 Å². The number of nitrogens with zero attached hydrogens (tertiary/aromatic N) is 2. The van der Waals surface area contributed by atoms with Crippen molar-refractivity contribution < 1.29 is 8.83 Å². The minimum Gasteiger partial charge on any atom is -0.455 e. The highest BCUT2D eigenvalue weighted by Gasteiger charge is 2.46. The Morgan fingerprint density at radius 2 is 1.12 bits per heavy atom. The van der Waals surface area contributed by atoms with E-state index < -0.39 is 0 Å². The summed E-state index contributed by atoms with van der Waals surface area (Å²) >= 11 is 0. The van der Waals surface area contributed by atoms with E-state index in [0.717, 1.165) is 55.2 Å². The average Bonchev–Trinajstić information content (AvgIpc) is 3.99. The number of hydrogen-bond donors (Lipinski definition) is 0. The molecule has 3 aliphatic rings. The minimum atomic E-state index is -0.0940. The molecule has 3 aliphatic carbocycles. The van der Waals surface area contributed by atoms with Gasteiger partial charge in [0, 0.05) is 38.1 Å². The number of para-hydroxylation sites is 2. The minimum absolute atomic E-state index is 0.0940. The first-order valence-electron chi connectivity index (χ1n) is 21.1. The molecule has 10 aromatic rings. The lowest BCUT2D eigenvalue weighted by Crippen LogP contribution is -2.28. The van der Waals surface area contributed by atoms with E-state index in [0.29, 0.717) is 11.4 Å². The standard InChI is InChI=1S/C55H40N2O2/c1-54(2)43-24-22-33(28-39(43)41-31-46-40(30-45(41)54)35-16-7-9-20-44(35)55(46)26-11-4-12-27-55)34-23-25-48-42(29-34)36-18-13-19-38(51(36)58-48)50-52-49(37-17-8-10-21-47(37)59-52)56-53(57-50)32-14-5-3-6-15-32/h3,5-10,13-25,28-31H,4,11-12,26-27H2,1-2H3. The summed E-state index contributed by atoms with van der Waals surface area (Å²) in [5, 5.41) is 3.09. The summed E-state index contributed by atoms with van der Waals surface area (Å²) in [5.41, 5.74) is 20.4. The molecule has 282 valence electrons. The predicted octanol–water partition coefficient (Wildman–Crippen LogP) is 14.8. The summed E-state index contributed by atoms with van der Waals surface area (Å²) in [6, 6.07) is 52.8. The smallest absolute Gasteiger partial charge is 0.180 e. The monoisotopic (exact) mass is 760 g/mol. The molecule has 7 aromatic carbocycles. The highest BCUT2D eigenvalue weighted by molar-refractivity contribution is 6.14. The zero-order chi connectivity index (χ0) is 39.0.